The zero-order valence-corrected chi connectivity index (χ0v) is 10.9. The Balaban J connectivity index is 2.21. The smallest absolute Gasteiger partial charge is 0.130 e. The van der Waals surface area contributed by atoms with Crippen LogP contribution < -0.4 is 5.32 Å². The van der Waals surface area contributed by atoms with Gasteiger partial charge in [-0.1, -0.05) is 12.1 Å². The van der Waals surface area contributed by atoms with E-state index in [1.807, 2.05) is 24.0 Å². The monoisotopic (exact) mass is 229 g/mol. The predicted octanol–water partition coefficient (Wildman–Crippen LogP) is 3.21. The van der Waals surface area contributed by atoms with Gasteiger partial charge in [0.05, 0.1) is 6.04 Å². The largest absolute Gasteiger partial charge is 0.375 e. The molecule has 17 heavy (non-hydrogen) atoms. The minimum Gasteiger partial charge on any atom is -0.375 e. The van der Waals surface area contributed by atoms with Gasteiger partial charge in [-0.2, -0.15) is 0 Å². The minimum absolute atomic E-state index is 0.204. The van der Waals surface area contributed by atoms with Gasteiger partial charge in [-0.25, -0.2) is 4.98 Å². The molecule has 1 N–H and O–H groups in total. The summed E-state index contributed by atoms with van der Waals surface area (Å²) in [6, 6.07) is 6.65. The van der Waals surface area contributed by atoms with Crippen LogP contribution in [0.2, 0.25) is 0 Å². The summed E-state index contributed by atoms with van der Waals surface area (Å²) in [6.45, 7) is 6.35. The van der Waals surface area contributed by atoms with Crippen molar-refractivity contribution in [3.05, 3.63) is 47.5 Å². The third-order valence-corrected chi connectivity index (χ3v) is 3.01. The Hall–Kier alpha value is -1.77. The van der Waals surface area contributed by atoms with Crippen molar-refractivity contribution >= 4 is 5.69 Å². The van der Waals surface area contributed by atoms with Crippen molar-refractivity contribution in [3.63, 3.8) is 0 Å². The number of anilines is 1. The summed E-state index contributed by atoms with van der Waals surface area (Å²) in [5.41, 5.74) is 3.71. The number of imidazole rings is 1. The summed E-state index contributed by atoms with van der Waals surface area (Å²) in [6.07, 6.45) is 3.80. The standard InChI is InChI=1S/C14H19N3/c1-10-5-6-11(2)13(9-10)16-12(3)14-15-7-8-17(14)4/h5-9,12,16H,1-4H3. The zero-order valence-electron chi connectivity index (χ0n) is 10.9. The van der Waals surface area contributed by atoms with E-state index in [2.05, 4.69) is 49.3 Å². The van der Waals surface area contributed by atoms with Crippen LogP contribution in [0.5, 0.6) is 0 Å². The molecule has 1 aromatic carbocycles. The molecule has 0 saturated heterocycles. The van der Waals surface area contributed by atoms with Crippen LogP contribution in [0.25, 0.3) is 0 Å². The van der Waals surface area contributed by atoms with Gasteiger partial charge in [-0.05, 0) is 38.0 Å². The lowest BCUT2D eigenvalue weighted by molar-refractivity contribution is 0.721. The van der Waals surface area contributed by atoms with Gasteiger partial charge < -0.3 is 9.88 Å². The van der Waals surface area contributed by atoms with Crippen LogP contribution in [0.1, 0.15) is 29.9 Å². The molecule has 0 aliphatic heterocycles. The highest BCUT2D eigenvalue weighted by atomic mass is 15.1. The molecule has 0 fully saturated rings. The summed E-state index contributed by atoms with van der Waals surface area (Å²) in [7, 11) is 2.02. The second kappa shape index (κ2) is 4.62. The maximum atomic E-state index is 4.36. The first-order valence-electron chi connectivity index (χ1n) is 5.89. The first kappa shape index (κ1) is 11.7. The van der Waals surface area contributed by atoms with Gasteiger partial charge in [0.1, 0.15) is 5.82 Å². The molecule has 2 rings (SSSR count). The van der Waals surface area contributed by atoms with Crippen molar-refractivity contribution in [1.82, 2.24) is 9.55 Å². The molecular formula is C14H19N3. The fourth-order valence-electron chi connectivity index (χ4n) is 1.98. The van der Waals surface area contributed by atoms with Crippen LogP contribution in [0.3, 0.4) is 0 Å². The predicted molar refractivity (Wildman–Crippen MR) is 71.2 cm³/mol. The van der Waals surface area contributed by atoms with Crippen LogP contribution in [-0.4, -0.2) is 9.55 Å². The fourth-order valence-corrected chi connectivity index (χ4v) is 1.98. The molecule has 1 heterocycles. The van der Waals surface area contributed by atoms with Gasteiger partial charge in [0, 0.05) is 25.1 Å². The minimum atomic E-state index is 0.204. The number of hydrogen-bond donors (Lipinski definition) is 1. The molecule has 3 heteroatoms. The quantitative estimate of drug-likeness (QED) is 0.875. The summed E-state index contributed by atoms with van der Waals surface area (Å²) >= 11 is 0. The number of nitrogens with one attached hydrogen (secondary N) is 1. The Bertz CT molecular complexity index is 514. The Kier molecular flexibility index (Phi) is 3.18. The molecule has 0 bridgehead atoms. The van der Waals surface area contributed by atoms with Crippen molar-refractivity contribution in [2.45, 2.75) is 26.8 Å². The number of rotatable bonds is 3. The summed E-state index contributed by atoms with van der Waals surface area (Å²) in [5, 5.41) is 3.51. The molecule has 90 valence electrons. The highest BCUT2D eigenvalue weighted by Crippen LogP contribution is 2.22. The number of nitrogens with zero attached hydrogens (tertiary/aromatic N) is 2. The molecule has 1 unspecified atom stereocenters. The molecule has 2 aromatic rings. The molecule has 0 amide bonds. The van der Waals surface area contributed by atoms with E-state index in [0.29, 0.717) is 0 Å². The molecule has 1 atom stereocenters. The van der Waals surface area contributed by atoms with E-state index in [4.69, 9.17) is 0 Å². The molecule has 1 aromatic heterocycles. The SMILES string of the molecule is Cc1ccc(C)c(NC(C)c2nccn2C)c1. The van der Waals surface area contributed by atoms with Crippen molar-refractivity contribution in [3.8, 4) is 0 Å². The lowest BCUT2D eigenvalue weighted by atomic mass is 10.1. The average molecular weight is 229 g/mol. The first-order valence-corrected chi connectivity index (χ1v) is 5.89. The molecule has 3 nitrogen and oxygen atoms in total. The lowest BCUT2D eigenvalue weighted by Gasteiger charge is -2.17. The average Bonchev–Trinajstić information content (AvgIpc) is 2.70. The van der Waals surface area contributed by atoms with Gasteiger partial charge in [0.25, 0.3) is 0 Å². The second-order valence-corrected chi connectivity index (χ2v) is 4.58. The normalized spacial score (nSPS) is 12.5. The van der Waals surface area contributed by atoms with Crippen LogP contribution in [0, 0.1) is 13.8 Å². The van der Waals surface area contributed by atoms with E-state index < -0.39 is 0 Å². The van der Waals surface area contributed by atoms with Gasteiger partial charge in [-0.3, -0.25) is 0 Å². The van der Waals surface area contributed by atoms with Crippen molar-refractivity contribution in [1.29, 1.82) is 0 Å². The Labute approximate surface area is 103 Å². The Morgan fingerprint density at radius 3 is 2.71 bits per heavy atom. The number of benzene rings is 1. The molecule has 0 spiro atoms. The molecular weight excluding hydrogens is 210 g/mol. The molecule has 0 aliphatic carbocycles. The number of aromatic nitrogens is 2. The van der Waals surface area contributed by atoms with E-state index in [-0.39, 0.29) is 6.04 Å². The Morgan fingerprint density at radius 1 is 1.29 bits per heavy atom. The van der Waals surface area contributed by atoms with E-state index in [0.717, 1.165) is 5.82 Å². The lowest BCUT2D eigenvalue weighted by Crippen LogP contribution is -2.12. The maximum Gasteiger partial charge on any atom is 0.130 e. The van der Waals surface area contributed by atoms with Crippen LogP contribution in [0.4, 0.5) is 5.69 Å². The number of hydrogen-bond acceptors (Lipinski definition) is 2. The van der Waals surface area contributed by atoms with Gasteiger partial charge >= 0.3 is 0 Å². The van der Waals surface area contributed by atoms with Gasteiger partial charge in [0.2, 0.25) is 0 Å². The maximum absolute atomic E-state index is 4.36. The molecule has 0 radical (unpaired) electrons. The molecule has 0 aliphatic rings. The van der Waals surface area contributed by atoms with E-state index in [1.54, 1.807) is 0 Å². The van der Waals surface area contributed by atoms with Crippen LogP contribution >= 0.6 is 0 Å². The third kappa shape index (κ3) is 2.49. The number of aryl methyl sites for hydroxylation is 3. The zero-order chi connectivity index (χ0) is 12.4. The van der Waals surface area contributed by atoms with Gasteiger partial charge in [-0.15, -0.1) is 0 Å². The second-order valence-electron chi connectivity index (χ2n) is 4.58. The summed E-state index contributed by atoms with van der Waals surface area (Å²) < 4.78 is 2.04. The highest BCUT2D eigenvalue weighted by Gasteiger charge is 2.10. The molecule has 0 saturated carbocycles. The Morgan fingerprint density at radius 2 is 2.06 bits per heavy atom. The van der Waals surface area contributed by atoms with Crippen molar-refractivity contribution < 1.29 is 0 Å². The first-order chi connectivity index (χ1) is 8.08. The fraction of sp³-hybridized carbons (Fsp3) is 0.357. The van der Waals surface area contributed by atoms with E-state index in [1.165, 1.54) is 16.8 Å². The summed E-state index contributed by atoms with van der Waals surface area (Å²) in [5.74, 6) is 1.05. The highest BCUT2D eigenvalue weighted by molar-refractivity contribution is 5.53. The van der Waals surface area contributed by atoms with E-state index in [9.17, 15) is 0 Å². The van der Waals surface area contributed by atoms with Crippen LogP contribution in [-0.2, 0) is 7.05 Å². The van der Waals surface area contributed by atoms with Crippen molar-refractivity contribution in [2.24, 2.45) is 7.05 Å². The van der Waals surface area contributed by atoms with Crippen LogP contribution in [0.15, 0.2) is 30.6 Å². The van der Waals surface area contributed by atoms with Crippen molar-refractivity contribution in [2.75, 3.05) is 5.32 Å². The van der Waals surface area contributed by atoms with Gasteiger partial charge in [0.15, 0.2) is 0 Å². The summed E-state index contributed by atoms with van der Waals surface area (Å²) in [4.78, 5) is 4.36. The third-order valence-electron chi connectivity index (χ3n) is 3.01. The topological polar surface area (TPSA) is 29.9 Å². The van der Waals surface area contributed by atoms with E-state index >= 15 is 0 Å².